The Hall–Kier alpha value is -2.87. The van der Waals surface area contributed by atoms with Gasteiger partial charge in [-0.25, -0.2) is 14.8 Å². The minimum atomic E-state index is -0.352. The van der Waals surface area contributed by atoms with Crippen molar-refractivity contribution in [1.82, 2.24) is 19.3 Å². The Morgan fingerprint density at radius 2 is 2.07 bits per heavy atom. The largest absolute Gasteiger partial charge is 0.491 e. The zero-order chi connectivity index (χ0) is 19.4. The molecular formula is C19H21N5O2S. The van der Waals surface area contributed by atoms with Crippen molar-refractivity contribution < 1.29 is 9.53 Å². The third-order valence-electron chi connectivity index (χ3n) is 3.68. The number of nitrogens with one attached hydrogen (secondary N) is 1. The molecule has 0 saturated heterocycles. The van der Waals surface area contributed by atoms with Crippen LogP contribution in [-0.2, 0) is 0 Å². The van der Waals surface area contributed by atoms with Crippen molar-refractivity contribution in [2.24, 2.45) is 0 Å². The van der Waals surface area contributed by atoms with E-state index in [4.69, 9.17) is 4.74 Å². The first-order valence-electron chi connectivity index (χ1n) is 8.64. The molecule has 1 aromatic carbocycles. The number of carbonyl (C=O) groups excluding carboxylic acids is 1. The molecule has 2 amide bonds. The van der Waals surface area contributed by atoms with E-state index in [1.54, 1.807) is 18.3 Å². The number of carbonyl (C=O) groups is 1. The maximum atomic E-state index is 11.9. The molecule has 0 unspecified atom stereocenters. The first kappa shape index (κ1) is 18.9. The van der Waals surface area contributed by atoms with Crippen molar-refractivity contribution in [3.63, 3.8) is 0 Å². The predicted molar refractivity (Wildman–Crippen MR) is 109 cm³/mol. The monoisotopic (exact) mass is 383 g/mol. The van der Waals surface area contributed by atoms with Crippen molar-refractivity contribution in [3.8, 4) is 17.0 Å². The first-order valence-corrected chi connectivity index (χ1v) is 9.04. The predicted octanol–water partition coefficient (Wildman–Crippen LogP) is 4.18. The van der Waals surface area contributed by atoms with Gasteiger partial charge in [-0.05, 0) is 45.0 Å². The number of hydrogen-bond donors (Lipinski definition) is 2. The van der Waals surface area contributed by atoms with E-state index in [0.717, 1.165) is 11.3 Å². The van der Waals surface area contributed by atoms with Crippen LogP contribution in [0.25, 0.3) is 22.4 Å². The Balaban J connectivity index is 1.91. The highest BCUT2D eigenvalue weighted by Gasteiger charge is 2.10. The average Bonchev–Trinajstić information content (AvgIpc) is 2.66. The minimum Gasteiger partial charge on any atom is -0.491 e. The zero-order valence-electron chi connectivity index (χ0n) is 15.4. The van der Waals surface area contributed by atoms with Gasteiger partial charge in [0.05, 0.1) is 18.0 Å². The molecule has 0 aliphatic heterocycles. The van der Waals surface area contributed by atoms with Gasteiger partial charge in [-0.15, -0.1) is 0 Å². The lowest BCUT2D eigenvalue weighted by molar-refractivity contribution is 0.240. The number of thiol groups is 1. The summed E-state index contributed by atoms with van der Waals surface area (Å²) in [6.45, 7) is 6.26. The van der Waals surface area contributed by atoms with E-state index in [0.29, 0.717) is 29.2 Å². The van der Waals surface area contributed by atoms with Crippen molar-refractivity contribution in [3.05, 3.63) is 42.6 Å². The quantitative estimate of drug-likeness (QED) is 0.646. The molecule has 0 spiro atoms. The van der Waals surface area contributed by atoms with E-state index >= 15 is 0 Å². The van der Waals surface area contributed by atoms with Gasteiger partial charge in [0.15, 0.2) is 5.65 Å². The standard InChI is InChI=1S/C19H21N5O2S/c1-4-24(27)19(25)23-17-9-8-15-18(22-17)21-16(11-20-15)13-6-5-7-14(10-13)26-12(2)3/h5-12,27H,4H2,1-3H3,(H,21,22,23,25). The van der Waals surface area contributed by atoms with E-state index in [1.807, 2.05) is 45.0 Å². The number of anilines is 1. The van der Waals surface area contributed by atoms with Crippen LogP contribution < -0.4 is 10.1 Å². The van der Waals surface area contributed by atoms with Gasteiger partial charge < -0.3 is 4.74 Å². The van der Waals surface area contributed by atoms with Gasteiger partial charge in [-0.1, -0.05) is 24.9 Å². The molecule has 140 valence electrons. The average molecular weight is 383 g/mol. The van der Waals surface area contributed by atoms with Gasteiger partial charge in [-0.2, -0.15) is 0 Å². The topological polar surface area (TPSA) is 80.2 Å². The number of benzene rings is 1. The molecule has 8 heteroatoms. The van der Waals surface area contributed by atoms with E-state index < -0.39 is 0 Å². The molecule has 2 heterocycles. The third kappa shape index (κ3) is 4.65. The van der Waals surface area contributed by atoms with E-state index in [1.165, 1.54) is 4.31 Å². The molecule has 1 N–H and O–H groups in total. The molecule has 0 bridgehead atoms. The lowest BCUT2D eigenvalue weighted by atomic mass is 10.1. The number of pyridine rings is 1. The second-order valence-corrected chi connectivity index (χ2v) is 6.62. The Kier molecular flexibility index (Phi) is 5.75. The molecule has 0 atom stereocenters. The summed E-state index contributed by atoms with van der Waals surface area (Å²) in [6, 6.07) is 10.8. The highest BCUT2D eigenvalue weighted by atomic mass is 32.1. The lowest BCUT2D eigenvalue weighted by Crippen LogP contribution is -2.27. The number of urea groups is 1. The lowest BCUT2D eigenvalue weighted by Gasteiger charge is -2.13. The molecule has 0 aliphatic carbocycles. The van der Waals surface area contributed by atoms with E-state index in [9.17, 15) is 4.79 Å². The van der Waals surface area contributed by atoms with Gasteiger partial charge in [-0.3, -0.25) is 14.6 Å². The number of nitrogens with zero attached hydrogens (tertiary/aromatic N) is 4. The van der Waals surface area contributed by atoms with Crippen LogP contribution in [0.15, 0.2) is 42.6 Å². The van der Waals surface area contributed by atoms with Gasteiger partial charge in [0.2, 0.25) is 0 Å². The normalized spacial score (nSPS) is 10.9. The van der Waals surface area contributed by atoms with Crippen molar-refractivity contribution >= 4 is 35.8 Å². The molecule has 3 aromatic rings. The van der Waals surface area contributed by atoms with Crippen LogP contribution in [0.3, 0.4) is 0 Å². The maximum Gasteiger partial charge on any atom is 0.332 e. The summed E-state index contributed by atoms with van der Waals surface area (Å²) in [6.07, 6.45) is 1.79. The number of aromatic nitrogens is 3. The summed E-state index contributed by atoms with van der Waals surface area (Å²) in [4.78, 5) is 25.3. The molecule has 0 radical (unpaired) electrons. The van der Waals surface area contributed by atoms with Gasteiger partial charge in [0, 0.05) is 12.1 Å². The van der Waals surface area contributed by atoms with Gasteiger partial charge in [0.25, 0.3) is 0 Å². The SMILES string of the molecule is CCN(S)C(=O)Nc1ccc2ncc(-c3cccc(OC(C)C)c3)nc2n1. The summed E-state index contributed by atoms with van der Waals surface area (Å²) < 4.78 is 6.99. The highest BCUT2D eigenvalue weighted by Crippen LogP contribution is 2.24. The number of hydrogen-bond acceptors (Lipinski definition) is 6. The number of amides is 2. The molecule has 3 rings (SSSR count). The summed E-state index contributed by atoms with van der Waals surface area (Å²) in [5.41, 5.74) is 2.65. The van der Waals surface area contributed by atoms with E-state index in [2.05, 4.69) is 33.1 Å². The van der Waals surface area contributed by atoms with Crippen LogP contribution in [0.5, 0.6) is 5.75 Å². The molecule has 0 fully saturated rings. The molecule has 27 heavy (non-hydrogen) atoms. The zero-order valence-corrected chi connectivity index (χ0v) is 16.3. The van der Waals surface area contributed by atoms with Crippen LogP contribution >= 0.6 is 12.8 Å². The van der Waals surface area contributed by atoms with Crippen LogP contribution in [0.1, 0.15) is 20.8 Å². The number of ether oxygens (including phenoxy) is 1. The fourth-order valence-corrected chi connectivity index (χ4v) is 2.48. The molecular weight excluding hydrogens is 362 g/mol. The van der Waals surface area contributed by atoms with Gasteiger partial charge >= 0.3 is 6.03 Å². The first-order chi connectivity index (χ1) is 13.0. The Labute approximate surface area is 163 Å². The molecule has 2 aromatic heterocycles. The fourth-order valence-electron chi connectivity index (χ4n) is 2.43. The second-order valence-electron chi connectivity index (χ2n) is 6.13. The van der Waals surface area contributed by atoms with Gasteiger partial charge in [0.1, 0.15) is 17.1 Å². The van der Waals surface area contributed by atoms with Crippen molar-refractivity contribution in [2.75, 3.05) is 11.9 Å². The van der Waals surface area contributed by atoms with Crippen molar-refractivity contribution in [2.45, 2.75) is 26.9 Å². The molecule has 0 saturated carbocycles. The van der Waals surface area contributed by atoms with Crippen LogP contribution in [0, 0.1) is 0 Å². The number of fused-ring (bicyclic) bond motifs is 1. The maximum absolute atomic E-state index is 11.9. The second kappa shape index (κ2) is 8.22. The molecule has 0 aliphatic rings. The van der Waals surface area contributed by atoms with Crippen LogP contribution in [0.2, 0.25) is 0 Å². The third-order valence-corrected chi connectivity index (χ3v) is 4.14. The summed E-state index contributed by atoms with van der Waals surface area (Å²) in [7, 11) is 0. The highest BCUT2D eigenvalue weighted by molar-refractivity contribution is 7.78. The van der Waals surface area contributed by atoms with Crippen molar-refractivity contribution in [1.29, 1.82) is 0 Å². The Morgan fingerprint density at radius 3 is 2.81 bits per heavy atom. The number of rotatable bonds is 5. The fraction of sp³-hybridized carbons (Fsp3) is 0.263. The minimum absolute atomic E-state index is 0.0882. The van der Waals surface area contributed by atoms with Crippen LogP contribution in [0.4, 0.5) is 10.6 Å². The molecule has 7 nitrogen and oxygen atoms in total. The summed E-state index contributed by atoms with van der Waals surface area (Å²) >= 11 is 4.08. The van der Waals surface area contributed by atoms with Crippen LogP contribution in [-0.4, -0.2) is 37.9 Å². The summed E-state index contributed by atoms with van der Waals surface area (Å²) in [5, 5.41) is 2.69. The Bertz CT molecular complexity index is 964. The smallest absolute Gasteiger partial charge is 0.332 e. The summed E-state index contributed by atoms with van der Waals surface area (Å²) in [5.74, 6) is 1.16. The van der Waals surface area contributed by atoms with E-state index in [-0.39, 0.29) is 12.1 Å². The Morgan fingerprint density at radius 1 is 1.26 bits per heavy atom.